The Bertz CT molecular complexity index is 943. The van der Waals surface area contributed by atoms with Gasteiger partial charge in [-0.25, -0.2) is 19.9 Å². The van der Waals surface area contributed by atoms with E-state index in [0.717, 1.165) is 29.8 Å². The van der Waals surface area contributed by atoms with Crippen molar-refractivity contribution in [3.05, 3.63) is 42.5 Å². The largest absolute Gasteiger partial charge is 0.345 e. The Labute approximate surface area is 145 Å². The van der Waals surface area contributed by atoms with Gasteiger partial charge in [0.05, 0.1) is 5.69 Å². The molecule has 1 N–H and O–H groups in total. The van der Waals surface area contributed by atoms with Crippen LogP contribution in [-0.4, -0.2) is 35.8 Å². The average Bonchev–Trinajstić information content (AvgIpc) is 3.36. The quantitative estimate of drug-likeness (QED) is 0.791. The maximum Gasteiger partial charge on any atom is 0.274 e. The lowest BCUT2D eigenvalue weighted by atomic mass is 9.98. The van der Waals surface area contributed by atoms with Crippen LogP contribution >= 0.6 is 0 Å². The van der Waals surface area contributed by atoms with E-state index in [4.69, 9.17) is 0 Å². The SMILES string of the molecule is Cc1cc(-c2cncnc2)nc2c(C(=O)NC(C)(C)C3CC3)ncn12. The van der Waals surface area contributed by atoms with Gasteiger partial charge in [0, 0.05) is 29.2 Å². The molecule has 25 heavy (non-hydrogen) atoms. The summed E-state index contributed by atoms with van der Waals surface area (Å²) in [4.78, 5) is 29.8. The van der Waals surface area contributed by atoms with Crippen LogP contribution in [0.5, 0.6) is 0 Å². The Balaban J connectivity index is 1.75. The number of imidazole rings is 1. The number of rotatable bonds is 4. The van der Waals surface area contributed by atoms with Gasteiger partial charge in [-0.3, -0.25) is 9.20 Å². The third kappa shape index (κ3) is 2.86. The number of carbonyl (C=O) groups is 1. The molecule has 0 unspecified atom stereocenters. The zero-order chi connectivity index (χ0) is 17.6. The smallest absolute Gasteiger partial charge is 0.274 e. The summed E-state index contributed by atoms with van der Waals surface area (Å²) in [7, 11) is 0. The van der Waals surface area contributed by atoms with Crippen molar-refractivity contribution in [3.8, 4) is 11.3 Å². The molecule has 0 bridgehead atoms. The summed E-state index contributed by atoms with van der Waals surface area (Å²) >= 11 is 0. The number of hydrogen-bond acceptors (Lipinski definition) is 5. The first kappa shape index (κ1) is 15.7. The number of nitrogens with zero attached hydrogens (tertiary/aromatic N) is 5. The van der Waals surface area contributed by atoms with Gasteiger partial charge in [-0.05, 0) is 45.6 Å². The predicted molar refractivity (Wildman–Crippen MR) is 93.0 cm³/mol. The normalized spacial score (nSPS) is 14.7. The van der Waals surface area contributed by atoms with Crippen LogP contribution in [0.3, 0.4) is 0 Å². The minimum absolute atomic E-state index is 0.187. The molecule has 0 atom stereocenters. The van der Waals surface area contributed by atoms with Crippen molar-refractivity contribution in [1.29, 1.82) is 0 Å². The molecule has 0 saturated heterocycles. The van der Waals surface area contributed by atoms with Gasteiger partial charge in [0.25, 0.3) is 5.91 Å². The standard InChI is InChI=1S/C18H20N6O/c1-11-6-14(12-7-19-9-20-8-12)22-16-15(21-10-24(11)16)17(25)23-18(2,3)13-4-5-13/h6-10,13H,4-5H2,1-3H3,(H,23,25). The lowest BCUT2D eigenvalue weighted by Crippen LogP contribution is -2.45. The molecular formula is C18H20N6O. The van der Waals surface area contributed by atoms with Crippen molar-refractivity contribution in [2.24, 2.45) is 5.92 Å². The van der Waals surface area contributed by atoms with E-state index in [2.05, 4.69) is 39.1 Å². The monoisotopic (exact) mass is 336 g/mol. The number of aromatic nitrogens is 5. The van der Waals surface area contributed by atoms with E-state index in [9.17, 15) is 4.79 Å². The summed E-state index contributed by atoms with van der Waals surface area (Å²) in [5, 5.41) is 3.11. The number of nitrogens with one attached hydrogen (secondary N) is 1. The van der Waals surface area contributed by atoms with E-state index in [-0.39, 0.29) is 11.4 Å². The van der Waals surface area contributed by atoms with Gasteiger partial charge in [0.1, 0.15) is 12.7 Å². The van der Waals surface area contributed by atoms with Crippen LogP contribution in [0.1, 0.15) is 42.9 Å². The molecule has 3 aromatic rings. The molecule has 1 saturated carbocycles. The molecule has 1 fully saturated rings. The molecule has 128 valence electrons. The number of aryl methyl sites for hydroxylation is 1. The molecule has 0 spiro atoms. The van der Waals surface area contributed by atoms with Gasteiger partial charge in [0.2, 0.25) is 0 Å². The van der Waals surface area contributed by atoms with Crippen molar-refractivity contribution in [2.45, 2.75) is 39.2 Å². The second-order valence-electron chi connectivity index (χ2n) is 7.15. The first-order chi connectivity index (χ1) is 12.0. The molecule has 7 nitrogen and oxygen atoms in total. The molecule has 3 aromatic heterocycles. The Kier molecular flexibility index (Phi) is 3.52. The third-order valence-electron chi connectivity index (χ3n) is 4.80. The van der Waals surface area contributed by atoms with Crippen LogP contribution in [0, 0.1) is 12.8 Å². The Morgan fingerprint density at radius 3 is 2.68 bits per heavy atom. The third-order valence-corrected chi connectivity index (χ3v) is 4.80. The van der Waals surface area contributed by atoms with Crippen LogP contribution in [0.25, 0.3) is 16.9 Å². The second kappa shape index (κ2) is 5.61. The highest BCUT2D eigenvalue weighted by Gasteiger charge is 2.39. The first-order valence-corrected chi connectivity index (χ1v) is 8.38. The van der Waals surface area contributed by atoms with Gasteiger partial charge < -0.3 is 5.32 Å². The maximum atomic E-state index is 12.8. The summed E-state index contributed by atoms with van der Waals surface area (Å²) in [6.07, 6.45) is 8.85. The number of fused-ring (bicyclic) bond motifs is 1. The highest BCUT2D eigenvalue weighted by Crippen LogP contribution is 2.39. The summed E-state index contributed by atoms with van der Waals surface area (Å²) in [6.45, 7) is 6.08. The molecular weight excluding hydrogens is 316 g/mol. The van der Waals surface area contributed by atoms with Gasteiger partial charge in [-0.2, -0.15) is 0 Å². The Morgan fingerprint density at radius 2 is 2.00 bits per heavy atom. The van der Waals surface area contributed by atoms with Crippen LogP contribution < -0.4 is 5.32 Å². The molecule has 3 heterocycles. The molecule has 0 aromatic carbocycles. The zero-order valence-electron chi connectivity index (χ0n) is 14.5. The minimum Gasteiger partial charge on any atom is -0.345 e. The maximum absolute atomic E-state index is 12.8. The second-order valence-corrected chi connectivity index (χ2v) is 7.15. The molecule has 1 aliphatic carbocycles. The van der Waals surface area contributed by atoms with Crippen molar-refractivity contribution in [1.82, 2.24) is 29.7 Å². The summed E-state index contributed by atoms with van der Waals surface area (Å²) < 4.78 is 1.83. The van der Waals surface area contributed by atoms with Crippen LogP contribution in [0.15, 0.2) is 31.1 Å². The van der Waals surface area contributed by atoms with Gasteiger partial charge in [0.15, 0.2) is 11.3 Å². The van der Waals surface area contributed by atoms with Crippen molar-refractivity contribution < 1.29 is 4.79 Å². The van der Waals surface area contributed by atoms with Gasteiger partial charge >= 0.3 is 0 Å². The fourth-order valence-corrected chi connectivity index (χ4v) is 3.12. The molecule has 0 aliphatic heterocycles. The van der Waals surface area contributed by atoms with Crippen molar-refractivity contribution in [3.63, 3.8) is 0 Å². The Hall–Kier alpha value is -2.83. The van der Waals surface area contributed by atoms with Crippen LogP contribution in [-0.2, 0) is 0 Å². The summed E-state index contributed by atoms with van der Waals surface area (Å²) in [5.74, 6) is 0.352. The van der Waals surface area contributed by atoms with Gasteiger partial charge in [-0.15, -0.1) is 0 Å². The number of carbonyl (C=O) groups excluding carboxylic acids is 1. The minimum atomic E-state index is -0.229. The lowest BCUT2D eigenvalue weighted by molar-refractivity contribution is 0.0900. The van der Waals surface area contributed by atoms with Crippen LogP contribution in [0.2, 0.25) is 0 Å². The molecule has 1 amide bonds. The molecule has 1 aliphatic rings. The van der Waals surface area contributed by atoms with Gasteiger partial charge in [-0.1, -0.05) is 0 Å². The predicted octanol–water partition coefficient (Wildman–Crippen LogP) is 2.41. The number of hydrogen-bond donors (Lipinski definition) is 1. The van der Waals surface area contributed by atoms with E-state index in [1.54, 1.807) is 18.7 Å². The fourth-order valence-electron chi connectivity index (χ4n) is 3.12. The van der Waals surface area contributed by atoms with Crippen molar-refractivity contribution in [2.75, 3.05) is 0 Å². The summed E-state index contributed by atoms with van der Waals surface area (Å²) in [5.41, 5.74) is 3.13. The van der Waals surface area contributed by atoms with Crippen LogP contribution in [0.4, 0.5) is 0 Å². The average molecular weight is 336 g/mol. The fraction of sp³-hybridized carbons (Fsp3) is 0.389. The molecule has 4 rings (SSSR count). The highest BCUT2D eigenvalue weighted by molar-refractivity contribution is 5.98. The van der Waals surface area contributed by atoms with E-state index in [1.165, 1.54) is 6.33 Å². The van der Waals surface area contributed by atoms with Crippen molar-refractivity contribution >= 4 is 11.6 Å². The summed E-state index contributed by atoms with van der Waals surface area (Å²) in [6, 6.07) is 1.93. The molecule has 7 heteroatoms. The highest BCUT2D eigenvalue weighted by atomic mass is 16.2. The topological polar surface area (TPSA) is 85.1 Å². The number of amides is 1. The van der Waals surface area contributed by atoms with E-state index in [0.29, 0.717) is 17.3 Å². The Morgan fingerprint density at radius 1 is 1.28 bits per heavy atom. The lowest BCUT2D eigenvalue weighted by Gasteiger charge is -2.25. The molecule has 0 radical (unpaired) electrons. The first-order valence-electron chi connectivity index (χ1n) is 8.38. The van der Waals surface area contributed by atoms with E-state index < -0.39 is 0 Å². The zero-order valence-corrected chi connectivity index (χ0v) is 14.5. The van der Waals surface area contributed by atoms with E-state index >= 15 is 0 Å². The van der Waals surface area contributed by atoms with E-state index in [1.807, 2.05) is 17.4 Å².